The molecule has 0 saturated carbocycles. The lowest BCUT2D eigenvalue weighted by molar-refractivity contribution is -0.295. The molecule has 0 aliphatic carbocycles. The average Bonchev–Trinajstić information content (AvgIpc) is 2.42. The van der Waals surface area contributed by atoms with Crippen molar-refractivity contribution in [3.05, 3.63) is 35.9 Å². The van der Waals surface area contributed by atoms with E-state index in [1.807, 2.05) is 6.07 Å². The van der Waals surface area contributed by atoms with E-state index in [4.69, 9.17) is 9.78 Å². The van der Waals surface area contributed by atoms with Crippen molar-refractivity contribution in [2.75, 3.05) is 0 Å². The summed E-state index contributed by atoms with van der Waals surface area (Å²) in [5.74, 6) is -0.435. The lowest BCUT2D eigenvalue weighted by Crippen LogP contribution is -2.30. The molecular weight excluding hydrogens is 252 g/mol. The van der Waals surface area contributed by atoms with Crippen LogP contribution in [0.5, 0.6) is 0 Å². The van der Waals surface area contributed by atoms with Crippen molar-refractivity contribution in [2.45, 2.75) is 59.5 Å². The smallest absolute Gasteiger partial charge is 0.293 e. The molecule has 0 spiro atoms. The Bertz CT molecular complexity index is 392. The quantitative estimate of drug-likeness (QED) is 0.409. The highest BCUT2D eigenvalue weighted by molar-refractivity contribution is 5.88. The van der Waals surface area contributed by atoms with Gasteiger partial charge in [-0.05, 0) is 24.0 Å². The highest BCUT2D eigenvalue weighted by Gasteiger charge is 2.27. The molecule has 1 rings (SSSR count). The van der Waals surface area contributed by atoms with E-state index in [1.165, 1.54) is 12.8 Å². The zero-order chi connectivity index (χ0) is 15.0. The Morgan fingerprint density at radius 3 is 2.35 bits per heavy atom. The molecule has 112 valence electrons. The second kappa shape index (κ2) is 8.05. The van der Waals surface area contributed by atoms with E-state index in [2.05, 4.69) is 27.7 Å². The number of benzene rings is 1. The van der Waals surface area contributed by atoms with Gasteiger partial charge in [-0.25, -0.2) is 4.79 Å². The minimum absolute atomic E-state index is 0.0509. The molecule has 1 aromatic rings. The van der Waals surface area contributed by atoms with Gasteiger partial charge in [-0.2, -0.15) is 4.89 Å². The molecular formula is C17H26O3. The van der Waals surface area contributed by atoms with Crippen LogP contribution in [-0.4, -0.2) is 12.1 Å². The van der Waals surface area contributed by atoms with Crippen LogP contribution in [0.3, 0.4) is 0 Å². The molecule has 1 unspecified atom stereocenters. The number of unbranched alkanes of at least 4 members (excludes halogenated alkanes) is 2. The van der Waals surface area contributed by atoms with E-state index in [9.17, 15) is 4.79 Å². The third-order valence-corrected chi connectivity index (χ3v) is 3.29. The second-order valence-electron chi connectivity index (χ2n) is 6.18. The number of rotatable bonds is 7. The zero-order valence-corrected chi connectivity index (χ0v) is 13.0. The Kier molecular flexibility index (Phi) is 6.73. The molecule has 3 nitrogen and oxygen atoms in total. The second-order valence-corrected chi connectivity index (χ2v) is 6.18. The van der Waals surface area contributed by atoms with Gasteiger partial charge in [0, 0.05) is 0 Å². The van der Waals surface area contributed by atoms with Gasteiger partial charge < -0.3 is 0 Å². The van der Waals surface area contributed by atoms with Crippen molar-refractivity contribution >= 4 is 5.97 Å². The maximum Gasteiger partial charge on any atom is 0.373 e. The normalized spacial score (nSPS) is 13.0. The van der Waals surface area contributed by atoms with Crippen LogP contribution in [0.25, 0.3) is 0 Å². The van der Waals surface area contributed by atoms with E-state index in [1.54, 1.807) is 24.3 Å². The van der Waals surface area contributed by atoms with Crippen molar-refractivity contribution in [3.8, 4) is 0 Å². The van der Waals surface area contributed by atoms with Crippen LogP contribution in [0.15, 0.2) is 30.3 Å². The maximum atomic E-state index is 11.9. The van der Waals surface area contributed by atoms with Gasteiger partial charge in [-0.3, -0.25) is 4.89 Å². The molecule has 3 heteroatoms. The Hall–Kier alpha value is -1.35. The van der Waals surface area contributed by atoms with Gasteiger partial charge in [0.1, 0.15) is 6.10 Å². The van der Waals surface area contributed by atoms with Crippen LogP contribution in [0.1, 0.15) is 63.7 Å². The minimum Gasteiger partial charge on any atom is -0.293 e. The molecule has 0 heterocycles. The first-order valence-corrected chi connectivity index (χ1v) is 7.38. The fourth-order valence-corrected chi connectivity index (χ4v) is 1.93. The van der Waals surface area contributed by atoms with E-state index < -0.39 is 5.97 Å². The third-order valence-electron chi connectivity index (χ3n) is 3.29. The van der Waals surface area contributed by atoms with E-state index in [-0.39, 0.29) is 11.5 Å². The van der Waals surface area contributed by atoms with E-state index >= 15 is 0 Å². The Morgan fingerprint density at radius 1 is 1.15 bits per heavy atom. The summed E-state index contributed by atoms with van der Waals surface area (Å²) in [6.07, 6.45) is 4.24. The molecule has 0 amide bonds. The first-order valence-electron chi connectivity index (χ1n) is 7.38. The Balaban J connectivity index is 2.51. The SMILES string of the molecule is CCCCCC(OOC(=O)c1ccccc1)C(C)(C)C. The van der Waals surface area contributed by atoms with Gasteiger partial charge in [-0.15, -0.1) is 0 Å². The van der Waals surface area contributed by atoms with Gasteiger partial charge in [-0.1, -0.05) is 65.2 Å². The summed E-state index contributed by atoms with van der Waals surface area (Å²) in [6, 6.07) is 8.91. The Morgan fingerprint density at radius 2 is 1.80 bits per heavy atom. The average molecular weight is 278 g/mol. The lowest BCUT2D eigenvalue weighted by atomic mass is 9.86. The topological polar surface area (TPSA) is 35.5 Å². The zero-order valence-electron chi connectivity index (χ0n) is 13.0. The summed E-state index contributed by atoms with van der Waals surface area (Å²) in [4.78, 5) is 22.3. The predicted molar refractivity (Wildman–Crippen MR) is 80.3 cm³/mol. The summed E-state index contributed by atoms with van der Waals surface area (Å²) in [5.41, 5.74) is 0.457. The summed E-state index contributed by atoms with van der Waals surface area (Å²) in [7, 11) is 0. The molecule has 0 aliphatic rings. The molecule has 0 radical (unpaired) electrons. The number of hydrogen-bond donors (Lipinski definition) is 0. The van der Waals surface area contributed by atoms with E-state index in [0.29, 0.717) is 5.56 Å². The van der Waals surface area contributed by atoms with Crippen LogP contribution >= 0.6 is 0 Å². The van der Waals surface area contributed by atoms with E-state index in [0.717, 1.165) is 12.8 Å². The molecule has 0 aromatic heterocycles. The lowest BCUT2D eigenvalue weighted by Gasteiger charge is -2.28. The van der Waals surface area contributed by atoms with Gasteiger partial charge in [0.05, 0.1) is 5.56 Å². The van der Waals surface area contributed by atoms with Crippen LogP contribution < -0.4 is 0 Å². The minimum atomic E-state index is -0.435. The van der Waals surface area contributed by atoms with Crippen LogP contribution in [-0.2, 0) is 9.78 Å². The maximum absolute atomic E-state index is 11.9. The van der Waals surface area contributed by atoms with Gasteiger partial charge >= 0.3 is 5.97 Å². The van der Waals surface area contributed by atoms with Crippen LogP contribution in [0.2, 0.25) is 0 Å². The standard InChI is InChI=1S/C17H26O3/c1-5-6-8-13-15(17(2,3)4)19-20-16(18)14-11-9-7-10-12-14/h7,9-12,15H,5-6,8,13H2,1-4H3. The van der Waals surface area contributed by atoms with Crippen molar-refractivity contribution in [1.82, 2.24) is 0 Å². The van der Waals surface area contributed by atoms with Crippen molar-refractivity contribution < 1.29 is 14.6 Å². The number of hydrogen-bond acceptors (Lipinski definition) is 3. The summed E-state index contributed by atoms with van der Waals surface area (Å²) in [6.45, 7) is 8.46. The Labute approximate surface area is 122 Å². The highest BCUT2D eigenvalue weighted by atomic mass is 17.2. The third kappa shape index (κ3) is 5.74. The summed E-state index contributed by atoms with van der Waals surface area (Å²) < 4.78 is 0. The fraction of sp³-hybridized carbons (Fsp3) is 0.588. The highest BCUT2D eigenvalue weighted by Crippen LogP contribution is 2.27. The first kappa shape index (κ1) is 16.7. The first-order chi connectivity index (χ1) is 9.45. The van der Waals surface area contributed by atoms with Gasteiger partial charge in [0.15, 0.2) is 0 Å². The number of carbonyl (C=O) groups is 1. The van der Waals surface area contributed by atoms with Gasteiger partial charge in [0.25, 0.3) is 0 Å². The summed E-state index contributed by atoms with van der Waals surface area (Å²) in [5, 5.41) is 0. The molecule has 0 saturated heterocycles. The molecule has 0 N–H and O–H groups in total. The van der Waals surface area contributed by atoms with Gasteiger partial charge in [0.2, 0.25) is 0 Å². The molecule has 0 bridgehead atoms. The monoisotopic (exact) mass is 278 g/mol. The van der Waals surface area contributed by atoms with Crippen LogP contribution in [0, 0.1) is 5.41 Å². The molecule has 20 heavy (non-hydrogen) atoms. The molecule has 0 aliphatic heterocycles. The van der Waals surface area contributed by atoms with Crippen molar-refractivity contribution in [3.63, 3.8) is 0 Å². The van der Waals surface area contributed by atoms with Crippen molar-refractivity contribution in [2.24, 2.45) is 5.41 Å². The molecule has 0 fully saturated rings. The summed E-state index contributed by atoms with van der Waals surface area (Å²) >= 11 is 0. The molecule has 1 aromatic carbocycles. The predicted octanol–water partition coefficient (Wildman–Crippen LogP) is 4.77. The molecule has 1 atom stereocenters. The largest absolute Gasteiger partial charge is 0.373 e. The van der Waals surface area contributed by atoms with Crippen molar-refractivity contribution in [1.29, 1.82) is 0 Å². The number of carbonyl (C=O) groups excluding carboxylic acids is 1. The van der Waals surface area contributed by atoms with Crippen LogP contribution in [0.4, 0.5) is 0 Å². The fourth-order valence-electron chi connectivity index (χ4n) is 1.93.